The molecule has 4 rings (SSSR count). The molecule has 0 saturated heterocycles. The number of nitrogens with one attached hydrogen (secondary N) is 1. The van der Waals surface area contributed by atoms with Gasteiger partial charge in [-0.25, -0.2) is 0 Å². The molecule has 1 heterocycles. The second-order valence-corrected chi connectivity index (χ2v) is 7.87. The van der Waals surface area contributed by atoms with E-state index < -0.39 is 10.8 Å². The van der Waals surface area contributed by atoms with Crippen LogP contribution in [0.1, 0.15) is 42.2 Å². The lowest BCUT2D eigenvalue weighted by molar-refractivity contribution is -0.384. The van der Waals surface area contributed by atoms with Crippen molar-refractivity contribution < 1.29 is 19.2 Å². The second kappa shape index (κ2) is 7.91. The number of methoxy groups -OCH3 is 1. The Bertz CT molecular complexity index is 1080. The van der Waals surface area contributed by atoms with Gasteiger partial charge in [-0.15, -0.1) is 0 Å². The molecule has 0 fully saturated rings. The number of rotatable bonds is 4. The number of hydrogen-bond acceptors (Lipinski definition) is 5. The van der Waals surface area contributed by atoms with Crippen molar-refractivity contribution in [2.24, 2.45) is 0 Å². The summed E-state index contributed by atoms with van der Waals surface area (Å²) in [5.74, 6) is -0.242. The van der Waals surface area contributed by atoms with Crippen molar-refractivity contribution in [3.8, 4) is 5.75 Å². The molecule has 0 bridgehead atoms. The summed E-state index contributed by atoms with van der Waals surface area (Å²) in [4.78, 5) is 36.2. The van der Waals surface area contributed by atoms with Gasteiger partial charge in [0, 0.05) is 47.2 Å². The van der Waals surface area contributed by atoms with Gasteiger partial charge >= 0.3 is 0 Å². The summed E-state index contributed by atoms with van der Waals surface area (Å²) in [6.45, 7) is 0. The van der Waals surface area contributed by atoms with Gasteiger partial charge in [0.15, 0.2) is 5.78 Å². The first-order valence-corrected chi connectivity index (χ1v) is 9.89. The number of ketones is 1. The van der Waals surface area contributed by atoms with E-state index in [2.05, 4.69) is 5.32 Å². The number of hydrogen-bond donors (Lipinski definition) is 1. The highest BCUT2D eigenvalue weighted by Crippen LogP contribution is 2.44. The number of ether oxygens (including phenoxy) is 1. The molecule has 1 amide bonds. The average Bonchev–Trinajstić information content (AvgIpc) is 2.73. The Hall–Kier alpha value is -3.19. The molecule has 1 N–H and O–H groups in total. The highest BCUT2D eigenvalue weighted by atomic mass is 35.5. The van der Waals surface area contributed by atoms with E-state index in [4.69, 9.17) is 16.3 Å². The lowest BCUT2D eigenvalue weighted by atomic mass is 9.73. The molecule has 7 nitrogen and oxygen atoms in total. The fourth-order valence-electron chi connectivity index (χ4n) is 4.25. The number of allylic oxidation sites excluding steroid dienone is 2. The minimum Gasteiger partial charge on any atom is -0.497 e. The molecular formula is C22H19ClN2O5. The van der Waals surface area contributed by atoms with Gasteiger partial charge in [-0.3, -0.25) is 19.7 Å². The van der Waals surface area contributed by atoms with Crippen molar-refractivity contribution >= 4 is 29.0 Å². The molecule has 8 heteroatoms. The first kappa shape index (κ1) is 20.1. The molecule has 0 radical (unpaired) electrons. The Morgan fingerprint density at radius 1 is 1.10 bits per heavy atom. The Kier molecular flexibility index (Phi) is 5.30. The van der Waals surface area contributed by atoms with E-state index in [9.17, 15) is 19.7 Å². The number of carbonyl (C=O) groups is 2. The molecule has 2 aromatic carbocycles. The molecule has 0 saturated carbocycles. The third-order valence-electron chi connectivity index (χ3n) is 5.69. The molecule has 1 aliphatic heterocycles. The first-order valence-electron chi connectivity index (χ1n) is 9.51. The van der Waals surface area contributed by atoms with E-state index >= 15 is 0 Å². The highest BCUT2D eigenvalue weighted by molar-refractivity contribution is 6.31. The maximum atomic E-state index is 13.1. The van der Waals surface area contributed by atoms with E-state index in [1.54, 1.807) is 7.11 Å². The van der Waals surface area contributed by atoms with Crippen molar-refractivity contribution in [1.29, 1.82) is 0 Å². The first-order chi connectivity index (χ1) is 14.4. The van der Waals surface area contributed by atoms with E-state index in [-0.39, 0.29) is 29.7 Å². The van der Waals surface area contributed by atoms with Crippen LogP contribution in [0.3, 0.4) is 0 Å². The fraction of sp³-hybridized carbons (Fsp3) is 0.273. The van der Waals surface area contributed by atoms with Gasteiger partial charge in [0.1, 0.15) is 5.75 Å². The number of nitrogens with zero attached hydrogens (tertiary/aromatic N) is 1. The molecule has 30 heavy (non-hydrogen) atoms. The maximum absolute atomic E-state index is 13.1. The molecular weight excluding hydrogens is 408 g/mol. The minimum atomic E-state index is -0.592. The van der Waals surface area contributed by atoms with Gasteiger partial charge in [-0.1, -0.05) is 23.7 Å². The predicted molar refractivity (Wildman–Crippen MR) is 111 cm³/mol. The SMILES string of the molecule is COc1ccc([C@H]2CC(=O)C3=C(C2)NC(=O)C[C@H]3c2cc([N+](=O)[O-])ccc2Cl)cc1. The summed E-state index contributed by atoms with van der Waals surface area (Å²) >= 11 is 6.31. The van der Waals surface area contributed by atoms with Gasteiger partial charge < -0.3 is 10.1 Å². The van der Waals surface area contributed by atoms with Crippen LogP contribution in [0.25, 0.3) is 0 Å². The van der Waals surface area contributed by atoms with Crippen molar-refractivity contribution in [2.45, 2.75) is 31.1 Å². The summed E-state index contributed by atoms with van der Waals surface area (Å²) in [6, 6.07) is 11.6. The molecule has 2 atom stereocenters. The quantitative estimate of drug-likeness (QED) is 0.581. The zero-order valence-corrected chi connectivity index (χ0v) is 16.9. The van der Waals surface area contributed by atoms with Crippen LogP contribution >= 0.6 is 11.6 Å². The topological polar surface area (TPSA) is 98.5 Å². The van der Waals surface area contributed by atoms with Gasteiger partial charge in [0.2, 0.25) is 5.91 Å². The predicted octanol–water partition coefficient (Wildman–Crippen LogP) is 4.26. The van der Waals surface area contributed by atoms with Crippen LogP contribution in [-0.2, 0) is 9.59 Å². The van der Waals surface area contributed by atoms with Gasteiger partial charge in [-0.05, 0) is 41.7 Å². The van der Waals surface area contributed by atoms with E-state index in [1.807, 2.05) is 24.3 Å². The average molecular weight is 427 g/mol. The minimum absolute atomic E-state index is 0.0265. The Labute approximate surface area is 177 Å². The van der Waals surface area contributed by atoms with Crippen LogP contribution in [0.2, 0.25) is 5.02 Å². The van der Waals surface area contributed by atoms with E-state index in [0.717, 1.165) is 11.3 Å². The van der Waals surface area contributed by atoms with Crippen molar-refractivity contribution in [2.75, 3.05) is 7.11 Å². The Morgan fingerprint density at radius 2 is 1.83 bits per heavy atom. The number of nitro groups is 1. The molecule has 0 spiro atoms. The molecule has 2 aliphatic rings. The normalized spacial score (nSPS) is 21.1. The van der Waals surface area contributed by atoms with Crippen LogP contribution in [0.15, 0.2) is 53.7 Å². The van der Waals surface area contributed by atoms with Crippen molar-refractivity contribution in [3.63, 3.8) is 0 Å². The zero-order chi connectivity index (χ0) is 21.4. The number of Topliss-reactive ketones (excluding diaryl/α,β-unsaturated/α-hetero) is 1. The van der Waals surface area contributed by atoms with E-state index in [1.165, 1.54) is 18.2 Å². The lowest BCUT2D eigenvalue weighted by Gasteiger charge is -2.34. The third-order valence-corrected chi connectivity index (χ3v) is 6.03. The molecule has 2 aromatic rings. The summed E-state index contributed by atoms with van der Waals surface area (Å²) < 4.78 is 5.18. The third kappa shape index (κ3) is 3.68. The van der Waals surface area contributed by atoms with Crippen LogP contribution in [-0.4, -0.2) is 23.7 Å². The zero-order valence-electron chi connectivity index (χ0n) is 16.2. The molecule has 0 aromatic heterocycles. The molecule has 1 aliphatic carbocycles. The van der Waals surface area contributed by atoms with Crippen LogP contribution in [0.5, 0.6) is 5.75 Å². The maximum Gasteiger partial charge on any atom is 0.269 e. The van der Waals surface area contributed by atoms with Crippen molar-refractivity contribution in [3.05, 3.63) is 80.0 Å². The Morgan fingerprint density at radius 3 is 2.50 bits per heavy atom. The number of nitro benzene ring substituents is 1. The van der Waals surface area contributed by atoms with E-state index in [0.29, 0.717) is 34.7 Å². The lowest BCUT2D eigenvalue weighted by Crippen LogP contribution is -2.38. The van der Waals surface area contributed by atoms with Gasteiger partial charge in [-0.2, -0.15) is 0 Å². The summed E-state index contributed by atoms with van der Waals surface area (Å²) in [5.41, 5.74) is 2.38. The standard InChI is InChI=1S/C22H19ClN2O5/c1-30-15-5-2-12(3-6-15)13-8-19-22(20(26)9-13)17(11-21(27)24-19)16-10-14(25(28)29)4-7-18(16)23/h2-7,10,13,17H,8-9,11H2,1H3,(H,24,27)/t13-,17+/m1/s1. The fourth-order valence-corrected chi connectivity index (χ4v) is 4.50. The number of carbonyl (C=O) groups excluding carboxylic acids is 2. The van der Waals surface area contributed by atoms with Crippen LogP contribution in [0, 0.1) is 10.1 Å². The number of benzene rings is 2. The molecule has 154 valence electrons. The second-order valence-electron chi connectivity index (χ2n) is 7.46. The van der Waals surface area contributed by atoms with Crippen LogP contribution in [0.4, 0.5) is 5.69 Å². The van der Waals surface area contributed by atoms with Crippen LogP contribution < -0.4 is 10.1 Å². The van der Waals surface area contributed by atoms with Gasteiger partial charge in [0.05, 0.1) is 12.0 Å². The highest BCUT2D eigenvalue weighted by Gasteiger charge is 2.39. The summed E-state index contributed by atoms with van der Waals surface area (Å²) in [5, 5.41) is 14.3. The summed E-state index contributed by atoms with van der Waals surface area (Å²) in [6.07, 6.45) is 0.824. The Balaban J connectivity index is 1.72. The van der Waals surface area contributed by atoms with Gasteiger partial charge in [0.25, 0.3) is 5.69 Å². The summed E-state index contributed by atoms with van der Waals surface area (Å²) in [7, 11) is 1.59. The smallest absolute Gasteiger partial charge is 0.269 e. The van der Waals surface area contributed by atoms with Crippen molar-refractivity contribution in [1.82, 2.24) is 5.32 Å². The number of halogens is 1. The number of amides is 1. The largest absolute Gasteiger partial charge is 0.497 e. The monoisotopic (exact) mass is 426 g/mol. The molecule has 0 unspecified atom stereocenters. The number of non-ortho nitro benzene ring substituents is 1.